The minimum atomic E-state index is -4.93. The van der Waals surface area contributed by atoms with Crippen molar-refractivity contribution >= 4 is 12.0 Å². The van der Waals surface area contributed by atoms with Crippen molar-refractivity contribution in [2.24, 2.45) is 0 Å². The number of halogens is 4. The number of carbonyl (C=O) groups is 2. The van der Waals surface area contributed by atoms with Gasteiger partial charge in [0.2, 0.25) is 0 Å². The maximum Gasteiger partial charge on any atom is 0.573 e. The van der Waals surface area contributed by atoms with Crippen molar-refractivity contribution in [3.63, 3.8) is 0 Å². The van der Waals surface area contributed by atoms with Gasteiger partial charge >= 0.3 is 18.4 Å². The van der Waals surface area contributed by atoms with E-state index >= 15 is 4.39 Å². The summed E-state index contributed by atoms with van der Waals surface area (Å²) in [5, 5.41) is 11.1. The molecule has 1 fully saturated rings. The van der Waals surface area contributed by atoms with Crippen LogP contribution in [-0.2, 0) is 10.5 Å². The fourth-order valence-electron chi connectivity index (χ4n) is 2.93. The summed E-state index contributed by atoms with van der Waals surface area (Å²) in [4.78, 5) is 23.8. The van der Waals surface area contributed by atoms with Crippen molar-refractivity contribution < 1.29 is 37.0 Å². The Morgan fingerprint density at radius 1 is 1.22 bits per heavy atom. The topological polar surface area (TPSA) is 78.9 Å². The maximum absolute atomic E-state index is 15.3. The number of rotatable bonds is 6. The number of alkyl halides is 4. The van der Waals surface area contributed by atoms with E-state index in [1.54, 1.807) is 0 Å². The van der Waals surface area contributed by atoms with Gasteiger partial charge in [-0.2, -0.15) is 0 Å². The van der Waals surface area contributed by atoms with E-state index in [0.717, 1.165) is 6.07 Å². The number of hydrogen-bond donors (Lipinski definition) is 2. The van der Waals surface area contributed by atoms with E-state index in [1.807, 2.05) is 0 Å². The zero-order chi connectivity index (χ0) is 20.1. The average molecular weight is 392 g/mol. The van der Waals surface area contributed by atoms with E-state index in [4.69, 9.17) is 5.11 Å². The number of ether oxygens (including phenoxy) is 1. The highest BCUT2D eigenvalue weighted by Gasteiger charge is 2.41. The number of nitrogens with one attached hydrogen (secondary N) is 1. The van der Waals surface area contributed by atoms with E-state index in [-0.39, 0.29) is 50.9 Å². The highest BCUT2D eigenvalue weighted by molar-refractivity contribution is 5.74. The molecule has 0 aromatic heterocycles. The summed E-state index contributed by atoms with van der Waals surface area (Å²) < 4.78 is 56.8. The number of likely N-dealkylation sites (tertiary alicyclic amines) is 1. The zero-order valence-corrected chi connectivity index (χ0v) is 14.4. The van der Waals surface area contributed by atoms with Crippen LogP contribution in [0.2, 0.25) is 0 Å². The Bertz CT molecular complexity index is 673. The molecule has 1 aliphatic rings. The molecular formula is C17H20F4N2O4. The Hall–Kier alpha value is -2.52. The largest absolute Gasteiger partial charge is 0.573 e. The number of nitrogens with zero attached hydrogens (tertiary/aromatic N) is 1. The number of urea groups is 1. The highest BCUT2D eigenvalue weighted by atomic mass is 19.4. The monoisotopic (exact) mass is 392 g/mol. The summed E-state index contributed by atoms with van der Waals surface area (Å²) in [6.45, 7) is 0.202. The van der Waals surface area contributed by atoms with E-state index in [0.29, 0.717) is 0 Å². The first kappa shape index (κ1) is 20.8. The van der Waals surface area contributed by atoms with Crippen LogP contribution in [0.3, 0.4) is 0 Å². The molecule has 6 nitrogen and oxygen atoms in total. The predicted octanol–water partition coefficient (Wildman–Crippen LogP) is 3.42. The second-order valence-corrected chi connectivity index (χ2v) is 6.23. The lowest BCUT2D eigenvalue weighted by molar-refractivity contribution is -0.275. The molecule has 1 aromatic carbocycles. The average Bonchev–Trinajstić information content (AvgIpc) is 2.58. The lowest BCUT2D eigenvalue weighted by atomic mass is 9.85. The molecule has 0 radical (unpaired) electrons. The van der Waals surface area contributed by atoms with Gasteiger partial charge in [-0.25, -0.2) is 9.18 Å². The molecule has 0 aliphatic carbocycles. The first-order valence-electron chi connectivity index (χ1n) is 8.39. The minimum absolute atomic E-state index is 0.0155. The summed E-state index contributed by atoms with van der Waals surface area (Å²) in [6, 6.07) is 4.62. The molecule has 2 N–H and O–H groups in total. The number of benzene rings is 1. The number of carboxylic acids is 1. The lowest BCUT2D eigenvalue weighted by Gasteiger charge is -2.37. The van der Waals surface area contributed by atoms with Gasteiger partial charge in [-0.3, -0.25) is 4.79 Å². The molecule has 2 amide bonds. The quantitative estimate of drug-likeness (QED) is 0.574. The van der Waals surface area contributed by atoms with E-state index in [2.05, 4.69) is 10.1 Å². The van der Waals surface area contributed by atoms with Crippen LogP contribution < -0.4 is 10.1 Å². The Kier molecular flexibility index (Phi) is 6.50. The van der Waals surface area contributed by atoms with Gasteiger partial charge in [0.05, 0.1) is 0 Å². The summed E-state index contributed by atoms with van der Waals surface area (Å²) in [7, 11) is 0. The molecule has 0 saturated carbocycles. The van der Waals surface area contributed by atoms with Crippen LogP contribution >= 0.6 is 0 Å². The van der Waals surface area contributed by atoms with Crippen molar-refractivity contribution in [3.05, 3.63) is 29.8 Å². The van der Waals surface area contributed by atoms with Crippen LogP contribution in [0.1, 0.15) is 31.2 Å². The summed E-state index contributed by atoms with van der Waals surface area (Å²) >= 11 is 0. The molecule has 10 heteroatoms. The second-order valence-electron chi connectivity index (χ2n) is 6.23. The van der Waals surface area contributed by atoms with E-state index < -0.39 is 29.8 Å². The van der Waals surface area contributed by atoms with Crippen molar-refractivity contribution in [3.8, 4) is 5.75 Å². The molecule has 1 aliphatic heterocycles. The molecule has 27 heavy (non-hydrogen) atoms. The normalized spacial score (nSPS) is 16.7. The zero-order valence-electron chi connectivity index (χ0n) is 14.4. The number of carboxylic acid groups (broad SMARTS) is 1. The van der Waals surface area contributed by atoms with Gasteiger partial charge in [0, 0.05) is 44.5 Å². The van der Waals surface area contributed by atoms with Gasteiger partial charge in [0.1, 0.15) is 11.4 Å². The van der Waals surface area contributed by atoms with E-state index in [1.165, 1.54) is 23.1 Å². The Labute approximate surface area is 153 Å². The van der Waals surface area contributed by atoms with Crippen LogP contribution in [0.25, 0.3) is 0 Å². The predicted molar refractivity (Wildman–Crippen MR) is 87.0 cm³/mol. The third-order valence-corrected chi connectivity index (χ3v) is 4.28. The smallest absolute Gasteiger partial charge is 0.481 e. The van der Waals surface area contributed by atoms with E-state index in [9.17, 15) is 22.8 Å². The molecular weight excluding hydrogens is 372 g/mol. The van der Waals surface area contributed by atoms with Crippen LogP contribution in [0.4, 0.5) is 22.4 Å². The van der Waals surface area contributed by atoms with Crippen LogP contribution in [0.15, 0.2) is 24.3 Å². The number of piperidine rings is 1. The van der Waals surface area contributed by atoms with Crippen molar-refractivity contribution in [2.75, 3.05) is 19.6 Å². The molecule has 0 spiro atoms. The number of aliphatic carboxylic acids is 1. The molecule has 1 aromatic rings. The Morgan fingerprint density at radius 3 is 2.44 bits per heavy atom. The van der Waals surface area contributed by atoms with Gasteiger partial charge in [-0.1, -0.05) is 18.2 Å². The third kappa shape index (κ3) is 6.00. The molecule has 2 rings (SSSR count). The minimum Gasteiger partial charge on any atom is -0.481 e. The molecule has 1 saturated heterocycles. The molecule has 1 heterocycles. The van der Waals surface area contributed by atoms with Gasteiger partial charge in [-0.15, -0.1) is 13.2 Å². The Morgan fingerprint density at radius 2 is 1.85 bits per heavy atom. The fraction of sp³-hybridized carbons (Fsp3) is 0.529. The van der Waals surface area contributed by atoms with Crippen molar-refractivity contribution in [1.29, 1.82) is 0 Å². The molecule has 0 unspecified atom stereocenters. The van der Waals surface area contributed by atoms with Crippen LogP contribution in [-0.4, -0.2) is 48.0 Å². The van der Waals surface area contributed by atoms with Gasteiger partial charge in [0.25, 0.3) is 0 Å². The number of hydrogen-bond acceptors (Lipinski definition) is 3. The van der Waals surface area contributed by atoms with Gasteiger partial charge in [0.15, 0.2) is 0 Å². The van der Waals surface area contributed by atoms with Crippen LogP contribution in [0, 0.1) is 0 Å². The van der Waals surface area contributed by atoms with Crippen molar-refractivity contribution in [2.45, 2.75) is 37.7 Å². The standard InChI is InChI=1S/C17H20F4N2O4/c18-16(12-4-1-2-5-13(12)27-17(19,20)21)7-10-23(11-8-16)15(26)22-9-3-6-14(24)25/h1-2,4-5H,3,6-11H2,(H,22,26)(H,24,25). The second kappa shape index (κ2) is 8.45. The number of carbonyl (C=O) groups excluding carboxylic acids is 1. The first-order chi connectivity index (χ1) is 12.6. The number of para-hydroxylation sites is 1. The molecule has 0 atom stereocenters. The SMILES string of the molecule is O=C(O)CCCNC(=O)N1CCC(F)(c2ccccc2OC(F)(F)F)CC1. The Balaban J connectivity index is 1.96. The summed E-state index contributed by atoms with van der Waals surface area (Å²) in [5.41, 5.74) is -2.23. The number of amides is 2. The molecule has 0 bridgehead atoms. The van der Waals surface area contributed by atoms with Gasteiger partial charge < -0.3 is 20.1 Å². The highest BCUT2D eigenvalue weighted by Crippen LogP contribution is 2.42. The first-order valence-corrected chi connectivity index (χ1v) is 8.39. The summed E-state index contributed by atoms with van der Waals surface area (Å²) in [6.07, 6.45) is -5.08. The van der Waals surface area contributed by atoms with Gasteiger partial charge in [-0.05, 0) is 12.5 Å². The lowest BCUT2D eigenvalue weighted by Crippen LogP contribution is -2.47. The fourth-order valence-corrected chi connectivity index (χ4v) is 2.93. The van der Waals surface area contributed by atoms with Crippen molar-refractivity contribution in [1.82, 2.24) is 10.2 Å². The maximum atomic E-state index is 15.3. The van der Waals surface area contributed by atoms with Crippen LogP contribution in [0.5, 0.6) is 5.75 Å². The third-order valence-electron chi connectivity index (χ3n) is 4.28. The molecule has 150 valence electrons. The summed E-state index contributed by atoms with van der Waals surface area (Å²) in [5.74, 6) is -1.55.